The maximum atomic E-state index is 11.2. The molecule has 2 aromatic rings. The quantitative estimate of drug-likeness (QED) is 0.667. The minimum atomic E-state index is -1.82. The van der Waals surface area contributed by atoms with E-state index in [2.05, 4.69) is 10.1 Å². The highest BCUT2D eigenvalue weighted by Crippen LogP contribution is 2.47. The van der Waals surface area contributed by atoms with Gasteiger partial charge in [0.15, 0.2) is 11.6 Å². The number of nitrogens with zero attached hydrogens (tertiary/aromatic N) is 3. The normalized spacial score (nSPS) is 35.7. The lowest BCUT2D eigenvalue weighted by atomic mass is 10.0. The number of aliphatic hydroxyl groups is 2. The average molecular weight is 322 g/mol. The Labute approximate surface area is 131 Å². The van der Waals surface area contributed by atoms with Crippen molar-refractivity contribution in [1.29, 1.82) is 0 Å². The van der Waals surface area contributed by atoms with Gasteiger partial charge in [0.25, 0.3) is 0 Å². The molecule has 0 amide bonds. The second-order valence-electron chi connectivity index (χ2n) is 6.22. The summed E-state index contributed by atoms with van der Waals surface area (Å²) < 4.78 is 18.7. The Morgan fingerprint density at radius 1 is 1.30 bits per heavy atom. The number of aromatic nitrogens is 3. The van der Waals surface area contributed by atoms with Gasteiger partial charge in [-0.05, 0) is 26.0 Å². The summed E-state index contributed by atoms with van der Waals surface area (Å²) in [6.07, 6.45) is -0.814. The van der Waals surface area contributed by atoms with Gasteiger partial charge in [-0.25, -0.2) is 9.50 Å². The van der Waals surface area contributed by atoms with Crippen LogP contribution in [0, 0.1) is 0 Å². The second-order valence-corrected chi connectivity index (χ2v) is 6.22. The number of anilines is 1. The molecule has 4 heterocycles. The highest BCUT2D eigenvalue weighted by Gasteiger charge is 2.64. The Hall–Kier alpha value is -1.78. The fourth-order valence-electron chi connectivity index (χ4n) is 3.30. The lowest BCUT2D eigenvalue weighted by Crippen LogP contribution is -2.41. The van der Waals surface area contributed by atoms with Crippen LogP contribution in [0.4, 0.5) is 5.82 Å². The summed E-state index contributed by atoms with van der Waals surface area (Å²) in [5.41, 5.74) is 6.71. The van der Waals surface area contributed by atoms with Gasteiger partial charge in [-0.15, -0.1) is 0 Å². The number of hydrogen-bond acceptors (Lipinski definition) is 8. The summed E-state index contributed by atoms with van der Waals surface area (Å²) in [5, 5.41) is 24.9. The Balaban J connectivity index is 1.84. The van der Waals surface area contributed by atoms with Crippen molar-refractivity contribution in [2.75, 3.05) is 12.3 Å². The van der Waals surface area contributed by atoms with Gasteiger partial charge in [-0.1, -0.05) is 0 Å². The van der Waals surface area contributed by atoms with Crippen LogP contribution in [0.15, 0.2) is 18.5 Å². The Morgan fingerprint density at radius 3 is 2.83 bits per heavy atom. The standard InChI is InChI=1S/C14H18N4O5/c1-13(2)22-10-8(5-19)21-14(20,11(10)23-13)9-4-3-7-12(15)16-6-17-18(7)9/h3-4,6,8,10-11,19-20H,5H2,1-2H3,(H2,15,16,17)/t8-,10?,11-,14?/m1/s1. The number of fused-ring (bicyclic) bond motifs is 2. The molecule has 2 aliphatic heterocycles. The predicted molar refractivity (Wildman–Crippen MR) is 77.1 cm³/mol. The van der Waals surface area contributed by atoms with E-state index in [9.17, 15) is 10.2 Å². The van der Waals surface area contributed by atoms with Crippen LogP contribution >= 0.6 is 0 Å². The van der Waals surface area contributed by atoms with Crippen LogP contribution in [-0.2, 0) is 20.0 Å². The molecule has 4 rings (SSSR count). The Kier molecular flexibility index (Phi) is 2.97. The molecule has 0 aromatic carbocycles. The molecular weight excluding hydrogens is 304 g/mol. The van der Waals surface area contributed by atoms with Crippen LogP contribution < -0.4 is 5.73 Å². The summed E-state index contributed by atoms with van der Waals surface area (Å²) in [5.74, 6) is -2.42. The second kappa shape index (κ2) is 4.62. The summed E-state index contributed by atoms with van der Waals surface area (Å²) in [6.45, 7) is 3.19. The number of aliphatic hydroxyl groups excluding tert-OH is 1. The third kappa shape index (κ3) is 1.98. The van der Waals surface area contributed by atoms with E-state index in [1.54, 1.807) is 26.0 Å². The van der Waals surface area contributed by atoms with Crippen LogP contribution in [0.5, 0.6) is 0 Å². The molecule has 124 valence electrons. The minimum absolute atomic E-state index is 0.284. The number of hydrogen-bond donors (Lipinski definition) is 3. The average Bonchev–Trinajstić information content (AvgIpc) is 3.12. The molecule has 0 radical (unpaired) electrons. The molecule has 9 nitrogen and oxygen atoms in total. The van der Waals surface area contributed by atoms with E-state index in [0.29, 0.717) is 11.2 Å². The molecule has 2 aromatic heterocycles. The molecule has 2 aliphatic rings. The molecule has 9 heteroatoms. The zero-order valence-electron chi connectivity index (χ0n) is 12.7. The number of nitrogen functional groups attached to an aromatic ring is 1. The van der Waals surface area contributed by atoms with Crippen LogP contribution in [0.2, 0.25) is 0 Å². The third-order valence-electron chi connectivity index (χ3n) is 4.24. The number of ether oxygens (including phenoxy) is 3. The SMILES string of the molecule is CC1(C)OC2[C@@H](O1)C(O)(c1ccc3c(N)ncnn13)O[C@@H]2CO. The molecule has 4 atom stereocenters. The van der Waals surface area contributed by atoms with E-state index in [0.717, 1.165) is 0 Å². The van der Waals surface area contributed by atoms with Gasteiger partial charge < -0.3 is 30.2 Å². The van der Waals surface area contributed by atoms with Gasteiger partial charge in [-0.2, -0.15) is 5.10 Å². The topological polar surface area (TPSA) is 124 Å². The van der Waals surface area contributed by atoms with E-state index >= 15 is 0 Å². The zero-order valence-corrected chi connectivity index (χ0v) is 12.7. The predicted octanol–water partition coefficient (Wildman–Crippen LogP) is -0.632. The lowest BCUT2D eigenvalue weighted by molar-refractivity contribution is -0.285. The van der Waals surface area contributed by atoms with E-state index in [-0.39, 0.29) is 12.4 Å². The molecule has 23 heavy (non-hydrogen) atoms. The third-order valence-corrected chi connectivity index (χ3v) is 4.24. The summed E-state index contributed by atoms with van der Waals surface area (Å²) in [7, 11) is 0. The van der Waals surface area contributed by atoms with Gasteiger partial charge in [-0.3, -0.25) is 0 Å². The molecule has 0 spiro atoms. The van der Waals surface area contributed by atoms with Gasteiger partial charge in [0.1, 0.15) is 35.8 Å². The molecule has 0 aliphatic carbocycles. The minimum Gasteiger partial charge on any atom is -0.394 e. The first-order chi connectivity index (χ1) is 10.9. The van der Waals surface area contributed by atoms with Crippen molar-refractivity contribution < 1.29 is 24.4 Å². The Morgan fingerprint density at radius 2 is 2.09 bits per heavy atom. The van der Waals surface area contributed by atoms with Crippen LogP contribution in [0.3, 0.4) is 0 Å². The molecular formula is C14H18N4O5. The van der Waals surface area contributed by atoms with E-state index in [4.69, 9.17) is 19.9 Å². The maximum absolute atomic E-state index is 11.2. The molecule has 0 bridgehead atoms. The fourth-order valence-corrected chi connectivity index (χ4v) is 3.30. The summed E-state index contributed by atoms with van der Waals surface area (Å²) >= 11 is 0. The van der Waals surface area contributed by atoms with Crippen LogP contribution in [0.25, 0.3) is 5.52 Å². The first-order valence-corrected chi connectivity index (χ1v) is 7.31. The lowest BCUT2D eigenvalue weighted by Gasteiger charge is -2.29. The molecule has 2 saturated heterocycles. The summed E-state index contributed by atoms with van der Waals surface area (Å²) in [6, 6.07) is 3.33. The van der Waals surface area contributed by atoms with Crippen molar-refractivity contribution in [2.45, 2.75) is 43.7 Å². The van der Waals surface area contributed by atoms with Gasteiger partial charge in [0, 0.05) is 0 Å². The van der Waals surface area contributed by atoms with Crippen molar-refractivity contribution in [1.82, 2.24) is 14.6 Å². The van der Waals surface area contributed by atoms with Crippen molar-refractivity contribution in [3.63, 3.8) is 0 Å². The summed E-state index contributed by atoms with van der Waals surface area (Å²) in [4.78, 5) is 3.92. The van der Waals surface area contributed by atoms with Crippen molar-refractivity contribution in [2.24, 2.45) is 0 Å². The molecule has 0 saturated carbocycles. The first kappa shape index (κ1) is 14.8. The first-order valence-electron chi connectivity index (χ1n) is 7.31. The fraction of sp³-hybridized carbons (Fsp3) is 0.571. The monoisotopic (exact) mass is 322 g/mol. The largest absolute Gasteiger partial charge is 0.394 e. The van der Waals surface area contributed by atoms with Crippen molar-refractivity contribution in [3.05, 3.63) is 24.2 Å². The van der Waals surface area contributed by atoms with Gasteiger partial charge >= 0.3 is 0 Å². The van der Waals surface area contributed by atoms with Gasteiger partial charge in [0.05, 0.1) is 6.61 Å². The smallest absolute Gasteiger partial charge is 0.240 e. The van der Waals surface area contributed by atoms with Gasteiger partial charge in [0.2, 0.25) is 5.79 Å². The van der Waals surface area contributed by atoms with Crippen LogP contribution in [0.1, 0.15) is 19.5 Å². The van der Waals surface area contributed by atoms with Crippen LogP contribution in [-0.4, -0.2) is 55.5 Å². The van der Waals surface area contributed by atoms with Crippen molar-refractivity contribution >= 4 is 11.3 Å². The Bertz CT molecular complexity index is 763. The molecule has 2 fully saturated rings. The maximum Gasteiger partial charge on any atom is 0.240 e. The van der Waals surface area contributed by atoms with E-state index < -0.39 is 29.9 Å². The number of rotatable bonds is 2. The zero-order chi connectivity index (χ0) is 16.4. The van der Waals surface area contributed by atoms with Crippen molar-refractivity contribution in [3.8, 4) is 0 Å². The molecule has 2 unspecified atom stereocenters. The van der Waals surface area contributed by atoms with E-state index in [1.165, 1.54) is 10.8 Å². The molecule has 4 N–H and O–H groups in total. The highest BCUT2D eigenvalue weighted by molar-refractivity contribution is 5.65. The highest BCUT2D eigenvalue weighted by atomic mass is 16.8. The number of nitrogens with two attached hydrogens (primary N) is 1. The van der Waals surface area contributed by atoms with E-state index in [1.807, 2.05) is 0 Å².